The summed E-state index contributed by atoms with van der Waals surface area (Å²) >= 11 is 0. The molecule has 0 bridgehead atoms. The number of nitrogens with two attached hydrogens (primary N) is 1. The van der Waals surface area contributed by atoms with Gasteiger partial charge in [-0.1, -0.05) is 6.07 Å². The van der Waals surface area contributed by atoms with E-state index >= 15 is 0 Å². The predicted octanol–water partition coefficient (Wildman–Crippen LogP) is 0.575. The van der Waals surface area contributed by atoms with Gasteiger partial charge in [0.25, 0.3) is 5.56 Å². The third-order valence-electron chi connectivity index (χ3n) is 5.24. The van der Waals surface area contributed by atoms with Gasteiger partial charge in [-0.15, -0.1) is 0 Å². The number of fused-ring (bicyclic) bond motifs is 1. The van der Waals surface area contributed by atoms with Gasteiger partial charge in [-0.25, -0.2) is 9.59 Å². The third-order valence-corrected chi connectivity index (χ3v) is 5.24. The number of carbonyl (C=O) groups is 1. The van der Waals surface area contributed by atoms with Crippen LogP contribution in [0.3, 0.4) is 0 Å². The largest absolute Gasteiger partial charge is 0.493 e. The van der Waals surface area contributed by atoms with Crippen LogP contribution in [0.15, 0.2) is 21.7 Å². The zero-order valence-electron chi connectivity index (χ0n) is 16.0. The zero-order valence-corrected chi connectivity index (χ0v) is 16.0. The van der Waals surface area contributed by atoms with Crippen molar-refractivity contribution < 1.29 is 23.7 Å². The normalized spacial score (nSPS) is 20.4. The van der Waals surface area contributed by atoms with Crippen molar-refractivity contribution in [3.8, 4) is 11.5 Å². The number of aromatic amines is 1. The summed E-state index contributed by atoms with van der Waals surface area (Å²) in [4.78, 5) is 39.8. The standard InChI is InChI=1S/C19H21N3O7/c1-26-11-6-5-10-12(15(11)27-2)18(24)29-14(10)13-16(20)22(19(25)21-17(13)23)8-9-4-3-7-28-9/h5-6,9,14H,3-4,7-8,20H2,1-2H3,(H,21,23,25). The fourth-order valence-corrected chi connectivity index (χ4v) is 3.84. The lowest BCUT2D eigenvalue weighted by molar-refractivity contribution is 0.0451. The lowest BCUT2D eigenvalue weighted by Gasteiger charge is -2.18. The summed E-state index contributed by atoms with van der Waals surface area (Å²) in [5.41, 5.74) is 5.42. The molecule has 1 aromatic heterocycles. The van der Waals surface area contributed by atoms with Gasteiger partial charge in [0.15, 0.2) is 17.6 Å². The molecule has 10 nitrogen and oxygen atoms in total. The van der Waals surface area contributed by atoms with Crippen LogP contribution in [0.5, 0.6) is 11.5 Å². The summed E-state index contributed by atoms with van der Waals surface area (Å²) < 4.78 is 22.8. The van der Waals surface area contributed by atoms with E-state index < -0.39 is 23.3 Å². The van der Waals surface area contributed by atoms with Crippen LogP contribution in [0.25, 0.3) is 0 Å². The number of H-pyrrole nitrogens is 1. The number of hydrogen-bond donors (Lipinski definition) is 2. The second kappa shape index (κ2) is 7.28. The molecule has 1 aromatic carbocycles. The number of carbonyl (C=O) groups excluding carboxylic acids is 1. The maximum Gasteiger partial charge on any atom is 0.343 e. The first-order chi connectivity index (χ1) is 14.0. The Bertz CT molecular complexity index is 1080. The number of aromatic nitrogens is 2. The quantitative estimate of drug-likeness (QED) is 0.692. The molecule has 4 rings (SSSR count). The molecule has 0 spiro atoms. The van der Waals surface area contributed by atoms with E-state index in [1.54, 1.807) is 12.1 Å². The first-order valence-electron chi connectivity index (χ1n) is 9.16. The molecule has 2 unspecified atom stereocenters. The van der Waals surface area contributed by atoms with Crippen molar-refractivity contribution in [2.75, 3.05) is 26.6 Å². The maximum atomic E-state index is 12.6. The highest BCUT2D eigenvalue weighted by molar-refractivity contribution is 5.98. The molecule has 1 fully saturated rings. The molecule has 2 aliphatic heterocycles. The van der Waals surface area contributed by atoms with E-state index in [1.165, 1.54) is 18.8 Å². The van der Waals surface area contributed by atoms with Crippen molar-refractivity contribution in [3.63, 3.8) is 0 Å². The molecule has 29 heavy (non-hydrogen) atoms. The van der Waals surface area contributed by atoms with Crippen molar-refractivity contribution in [3.05, 3.63) is 49.7 Å². The number of ether oxygens (including phenoxy) is 4. The fourth-order valence-electron chi connectivity index (χ4n) is 3.84. The van der Waals surface area contributed by atoms with E-state index in [-0.39, 0.29) is 35.3 Å². The molecule has 2 aromatic rings. The van der Waals surface area contributed by atoms with Crippen LogP contribution in [-0.2, 0) is 16.0 Å². The molecule has 2 aliphatic rings. The molecular weight excluding hydrogens is 382 g/mol. The van der Waals surface area contributed by atoms with Crippen LogP contribution in [0, 0.1) is 0 Å². The zero-order chi connectivity index (χ0) is 20.7. The topological polar surface area (TPSA) is 135 Å². The number of nitrogens with one attached hydrogen (secondary N) is 1. The maximum absolute atomic E-state index is 12.6. The second-order valence-electron chi connectivity index (χ2n) is 6.85. The summed E-state index contributed by atoms with van der Waals surface area (Å²) in [6.45, 7) is 0.818. The van der Waals surface area contributed by atoms with E-state index in [0.717, 1.165) is 12.8 Å². The summed E-state index contributed by atoms with van der Waals surface area (Å²) in [6, 6.07) is 3.22. The van der Waals surface area contributed by atoms with Gasteiger partial charge in [0.2, 0.25) is 0 Å². The van der Waals surface area contributed by atoms with E-state index in [1.807, 2.05) is 0 Å². The number of nitrogens with zero attached hydrogens (tertiary/aromatic N) is 1. The molecule has 0 aliphatic carbocycles. The summed E-state index contributed by atoms with van der Waals surface area (Å²) in [6.07, 6.45) is 0.442. The Labute approximate surface area is 165 Å². The molecule has 0 amide bonds. The summed E-state index contributed by atoms with van der Waals surface area (Å²) in [7, 11) is 2.85. The number of hydrogen-bond acceptors (Lipinski definition) is 8. The minimum Gasteiger partial charge on any atom is -0.493 e. The van der Waals surface area contributed by atoms with Gasteiger partial charge >= 0.3 is 11.7 Å². The van der Waals surface area contributed by atoms with Gasteiger partial charge < -0.3 is 24.7 Å². The summed E-state index contributed by atoms with van der Waals surface area (Å²) in [5, 5.41) is 0. The van der Waals surface area contributed by atoms with E-state index in [0.29, 0.717) is 17.9 Å². The molecule has 10 heteroatoms. The van der Waals surface area contributed by atoms with Gasteiger partial charge in [0, 0.05) is 12.2 Å². The predicted molar refractivity (Wildman–Crippen MR) is 102 cm³/mol. The molecule has 3 heterocycles. The average molecular weight is 403 g/mol. The molecule has 3 N–H and O–H groups in total. The van der Waals surface area contributed by atoms with Gasteiger partial charge in [-0.2, -0.15) is 0 Å². The van der Waals surface area contributed by atoms with Gasteiger partial charge in [0.05, 0.1) is 26.9 Å². The first kappa shape index (κ1) is 19.1. The Kier molecular flexibility index (Phi) is 4.79. The molecule has 0 saturated carbocycles. The van der Waals surface area contributed by atoms with Gasteiger partial charge in [-0.3, -0.25) is 14.3 Å². The Hall–Kier alpha value is -3.27. The SMILES string of the molecule is COc1ccc2c(c1OC)C(=O)OC2c1c(N)n(CC2CCCO2)c(=O)[nH]c1=O. The number of anilines is 1. The van der Waals surface area contributed by atoms with Gasteiger partial charge in [0.1, 0.15) is 16.9 Å². The Morgan fingerprint density at radius 1 is 1.24 bits per heavy atom. The number of cyclic esters (lactones) is 1. The number of esters is 1. The monoisotopic (exact) mass is 403 g/mol. The van der Waals surface area contributed by atoms with Crippen molar-refractivity contribution in [2.24, 2.45) is 0 Å². The van der Waals surface area contributed by atoms with Crippen LogP contribution in [0.1, 0.15) is 40.4 Å². The van der Waals surface area contributed by atoms with E-state index in [2.05, 4.69) is 4.98 Å². The average Bonchev–Trinajstić information content (AvgIpc) is 3.32. The smallest absolute Gasteiger partial charge is 0.343 e. The van der Waals surface area contributed by atoms with Crippen LogP contribution < -0.4 is 26.5 Å². The van der Waals surface area contributed by atoms with Crippen molar-refractivity contribution in [1.82, 2.24) is 9.55 Å². The minimum absolute atomic E-state index is 0.0121. The van der Waals surface area contributed by atoms with Crippen LogP contribution in [0.2, 0.25) is 0 Å². The molecule has 154 valence electrons. The van der Waals surface area contributed by atoms with Crippen molar-refractivity contribution in [2.45, 2.75) is 31.6 Å². The Morgan fingerprint density at radius 3 is 2.69 bits per heavy atom. The minimum atomic E-state index is -1.07. The van der Waals surface area contributed by atoms with E-state index in [4.69, 9.17) is 24.7 Å². The number of nitrogen functional groups attached to an aromatic ring is 1. The Morgan fingerprint density at radius 2 is 2.03 bits per heavy atom. The highest BCUT2D eigenvalue weighted by atomic mass is 16.6. The number of methoxy groups -OCH3 is 2. The van der Waals surface area contributed by atoms with Crippen LogP contribution >= 0.6 is 0 Å². The Balaban J connectivity index is 1.84. The second-order valence-corrected chi connectivity index (χ2v) is 6.85. The first-order valence-corrected chi connectivity index (χ1v) is 9.16. The summed E-state index contributed by atoms with van der Waals surface area (Å²) in [5.74, 6) is -0.166. The lowest BCUT2D eigenvalue weighted by Crippen LogP contribution is -2.38. The van der Waals surface area contributed by atoms with E-state index in [9.17, 15) is 14.4 Å². The molecular formula is C19H21N3O7. The molecule has 2 atom stereocenters. The highest BCUT2D eigenvalue weighted by Gasteiger charge is 2.39. The highest BCUT2D eigenvalue weighted by Crippen LogP contribution is 2.44. The lowest BCUT2D eigenvalue weighted by atomic mass is 9.99. The van der Waals surface area contributed by atoms with Crippen molar-refractivity contribution >= 4 is 11.8 Å². The van der Waals surface area contributed by atoms with Gasteiger partial charge in [-0.05, 0) is 18.9 Å². The van der Waals surface area contributed by atoms with Crippen LogP contribution in [-0.4, -0.2) is 42.5 Å². The molecule has 0 radical (unpaired) electrons. The van der Waals surface area contributed by atoms with Crippen LogP contribution in [0.4, 0.5) is 5.82 Å². The fraction of sp³-hybridized carbons (Fsp3) is 0.421. The third kappa shape index (κ3) is 3.05. The molecule has 1 saturated heterocycles. The van der Waals surface area contributed by atoms with Crippen molar-refractivity contribution in [1.29, 1.82) is 0 Å². The number of rotatable bonds is 5. The number of benzene rings is 1.